The van der Waals surface area contributed by atoms with Gasteiger partial charge in [-0.25, -0.2) is 4.79 Å². The second kappa shape index (κ2) is 6.45. The number of anilines is 1. The Labute approximate surface area is 145 Å². The maximum absolute atomic E-state index is 11.7. The Hall–Kier alpha value is -2.05. The number of nitrogens with one attached hydrogen (secondary N) is 1. The first-order valence-corrected chi connectivity index (χ1v) is 8.17. The maximum atomic E-state index is 11.7. The van der Waals surface area contributed by atoms with E-state index in [0.29, 0.717) is 17.1 Å². The van der Waals surface area contributed by atoms with Crippen molar-refractivity contribution < 1.29 is 14.4 Å². The number of nitrogens with zero attached hydrogens (tertiary/aromatic N) is 2. The van der Waals surface area contributed by atoms with E-state index in [9.17, 15) is 9.90 Å². The molecule has 1 unspecified atom stereocenters. The Morgan fingerprint density at radius 2 is 2.17 bits per heavy atom. The number of carboxylic acid groups (broad SMARTS) is 1. The minimum Gasteiger partial charge on any atom is -0.477 e. The number of carboxylic acids is 1. The van der Waals surface area contributed by atoms with Crippen LogP contribution in [0.3, 0.4) is 0 Å². The van der Waals surface area contributed by atoms with E-state index in [-0.39, 0.29) is 22.6 Å². The fraction of sp³-hybridized carbons (Fsp3) is 0.412. The highest BCUT2D eigenvalue weighted by atomic mass is 35.5. The monoisotopic (exact) mass is 349 g/mol. The van der Waals surface area contributed by atoms with Gasteiger partial charge in [0.15, 0.2) is 17.1 Å². The van der Waals surface area contributed by atoms with Gasteiger partial charge in [-0.2, -0.15) is 0 Å². The molecule has 0 aliphatic carbocycles. The van der Waals surface area contributed by atoms with Crippen LogP contribution in [0.2, 0.25) is 5.02 Å². The van der Waals surface area contributed by atoms with Crippen LogP contribution in [0.15, 0.2) is 28.8 Å². The lowest BCUT2D eigenvalue weighted by atomic mass is 9.90. The summed E-state index contributed by atoms with van der Waals surface area (Å²) in [6.07, 6.45) is 1.06. The highest BCUT2D eigenvalue weighted by molar-refractivity contribution is 6.30. The number of benzene rings is 1. The molecule has 24 heavy (non-hydrogen) atoms. The zero-order chi connectivity index (χ0) is 17.3. The van der Waals surface area contributed by atoms with E-state index in [1.54, 1.807) is 24.3 Å². The number of hydrogen-bond acceptors (Lipinski definition) is 5. The summed E-state index contributed by atoms with van der Waals surface area (Å²) in [4.78, 5) is 14.0. The van der Waals surface area contributed by atoms with E-state index >= 15 is 0 Å². The predicted octanol–water partition coefficient (Wildman–Crippen LogP) is 3.45. The number of aromatic carboxylic acids is 1. The van der Waals surface area contributed by atoms with Gasteiger partial charge in [0.1, 0.15) is 0 Å². The fourth-order valence-electron chi connectivity index (χ4n) is 3.12. The number of aromatic nitrogens is 1. The standard InChI is InChI=1S/C17H20ClN3O3/c1-17(7-8-21(2)10-17)9-19-15-13(16(22)23)14(24-20-15)11-3-5-12(18)6-4-11/h3-6H,7-10H2,1-2H3,(H,19,20)(H,22,23). The molecule has 2 heterocycles. The van der Waals surface area contributed by atoms with Crippen LogP contribution in [-0.2, 0) is 0 Å². The van der Waals surface area contributed by atoms with Crippen LogP contribution in [0.1, 0.15) is 23.7 Å². The smallest absolute Gasteiger partial charge is 0.343 e. The SMILES string of the molecule is CN1CCC(C)(CNc2noc(-c3ccc(Cl)cc3)c2C(=O)O)C1. The molecule has 0 radical (unpaired) electrons. The number of carbonyl (C=O) groups is 1. The third-order valence-corrected chi connectivity index (χ3v) is 4.70. The summed E-state index contributed by atoms with van der Waals surface area (Å²) in [6, 6.07) is 6.81. The van der Waals surface area contributed by atoms with E-state index in [2.05, 4.69) is 29.3 Å². The van der Waals surface area contributed by atoms with Gasteiger partial charge in [-0.05, 0) is 49.7 Å². The van der Waals surface area contributed by atoms with Crippen molar-refractivity contribution in [2.45, 2.75) is 13.3 Å². The molecule has 0 spiro atoms. The molecule has 0 bridgehead atoms. The van der Waals surface area contributed by atoms with Gasteiger partial charge in [-0.3, -0.25) is 0 Å². The summed E-state index contributed by atoms with van der Waals surface area (Å²) < 4.78 is 5.31. The molecule has 0 saturated carbocycles. The summed E-state index contributed by atoms with van der Waals surface area (Å²) in [5.41, 5.74) is 0.764. The number of rotatable bonds is 5. The Morgan fingerprint density at radius 1 is 1.46 bits per heavy atom. The first-order valence-electron chi connectivity index (χ1n) is 7.79. The normalized spacial score (nSPS) is 21.1. The molecule has 6 nitrogen and oxygen atoms in total. The molecule has 1 fully saturated rings. The van der Waals surface area contributed by atoms with Crippen molar-refractivity contribution in [3.05, 3.63) is 34.9 Å². The van der Waals surface area contributed by atoms with Crippen molar-refractivity contribution in [2.75, 3.05) is 32.0 Å². The lowest BCUT2D eigenvalue weighted by Crippen LogP contribution is -2.30. The second-order valence-corrected chi connectivity index (χ2v) is 7.14. The van der Waals surface area contributed by atoms with Crippen molar-refractivity contribution in [3.8, 4) is 11.3 Å². The largest absolute Gasteiger partial charge is 0.477 e. The topological polar surface area (TPSA) is 78.6 Å². The van der Waals surface area contributed by atoms with Crippen LogP contribution in [0.5, 0.6) is 0 Å². The third-order valence-electron chi connectivity index (χ3n) is 4.44. The van der Waals surface area contributed by atoms with Gasteiger partial charge in [0.05, 0.1) is 0 Å². The van der Waals surface area contributed by atoms with Crippen molar-refractivity contribution in [1.29, 1.82) is 0 Å². The molecule has 1 aromatic carbocycles. The van der Waals surface area contributed by atoms with Gasteiger partial charge < -0.3 is 19.8 Å². The molecule has 1 aliphatic heterocycles. The average Bonchev–Trinajstić information content (AvgIpc) is 3.10. The molecule has 1 aromatic heterocycles. The maximum Gasteiger partial charge on any atom is 0.343 e. The van der Waals surface area contributed by atoms with Crippen molar-refractivity contribution in [3.63, 3.8) is 0 Å². The summed E-state index contributed by atoms with van der Waals surface area (Å²) in [5, 5.41) is 17.2. The highest BCUT2D eigenvalue weighted by Gasteiger charge is 2.33. The van der Waals surface area contributed by atoms with Gasteiger partial charge in [0.2, 0.25) is 0 Å². The van der Waals surface area contributed by atoms with E-state index in [1.807, 2.05) is 0 Å². The van der Waals surface area contributed by atoms with Crippen LogP contribution < -0.4 is 5.32 Å². The first kappa shape index (κ1) is 16.8. The van der Waals surface area contributed by atoms with Gasteiger partial charge >= 0.3 is 5.97 Å². The summed E-state index contributed by atoms with van der Waals surface area (Å²) >= 11 is 5.88. The van der Waals surface area contributed by atoms with Crippen molar-refractivity contribution >= 4 is 23.4 Å². The fourth-order valence-corrected chi connectivity index (χ4v) is 3.25. The lowest BCUT2D eigenvalue weighted by molar-refractivity contribution is 0.0698. The van der Waals surface area contributed by atoms with E-state index in [4.69, 9.17) is 16.1 Å². The zero-order valence-electron chi connectivity index (χ0n) is 13.7. The lowest BCUT2D eigenvalue weighted by Gasteiger charge is -2.23. The third kappa shape index (κ3) is 3.39. The molecule has 1 saturated heterocycles. The highest BCUT2D eigenvalue weighted by Crippen LogP contribution is 2.33. The molecule has 3 rings (SSSR count). The summed E-state index contributed by atoms with van der Waals surface area (Å²) in [5.74, 6) is -0.573. The van der Waals surface area contributed by atoms with Crippen LogP contribution in [0.25, 0.3) is 11.3 Å². The van der Waals surface area contributed by atoms with Crippen LogP contribution in [0, 0.1) is 5.41 Å². The molecular formula is C17H20ClN3O3. The Balaban J connectivity index is 1.84. The van der Waals surface area contributed by atoms with Crippen LogP contribution in [-0.4, -0.2) is 47.8 Å². The molecule has 0 amide bonds. The van der Waals surface area contributed by atoms with Gasteiger partial charge in [0, 0.05) is 23.7 Å². The Bertz CT molecular complexity index is 744. The van der Waals surface area contributed by atoms with Gasteiger partial charge in [-0.15, -0.1) is 0 Å². The number of hydrogen-bond donors (Lipinski definition) is 2. The molecule has 2 N–H and O–H groups in total. The van der Waals surface area contributed by atoms with Crippen LogP contribution >= 0.6 is 11.6 Å². The Kier molecular flexibility index (Phi) is 4.51. The number of halogens is 1. The quantitative estimate of drug-likeness (QED) is 0.860. The number of likely N-dealkylation sites (tertiary alicyclic amines) is 1. The van der Waals surface area contributed by atoms with E-state index < -0.39 is 5.97 Å². The van der Waals surface area contributed by atoms with E-state index in [0.717, 1.165) is 19.5 Å². The van der Waals surface area contributed by atoms with Gasteiger partial charge in [-0.1, -0.05) is 23.7 Å². The van der Waals surface area contributed by atoms with Crippen molar-refractivity contribution in [1.82, 2.24) is 10.1 Å². The van der Waals surface area contributed by atoms with Gasteiger partial charge in [0.25, 0.3) is 0 Å². The van der Waals surface area contributed by atoms with Crippen molar-refractivity contribution in [2.24, 2.45) is 5.41 Å². The second-order valence-electron chi connectivity index (χ2n) is 6.70. The van der Waals surface area contributed by atoms with Crippen LogP contribution in [0.4, 0.5) is 5.82 Å². The minimum absolute atomic E-state index is 0.0484. The Morgan fingerprint density at radius 3 is 2.75 bits per heavy atom. The summed E-state index contributed by atoms with van der Waals surface area (Å²) in [7, 11) is 2.09. The molecule has 2 aromatic rings. The van der Waals surface area contributed by atoms with E-state index in [1.165, 1.54) is 0 Å². The first-order chi connectivity index (χ1) is 11.4. The molecular weight excluding hydrogens is 330 g/mol. The average molecular weight is 350 g/mol. The molecule has 1 atom stereocenters. The minimum atomic E-state index is -1.07. The predicted molar refractivity (Wildman–Crippen MR) is 92.6 cm³/mol. The molecule has 128 valence electrons. The summed E-state index contributed by atoms with van der Waals surface area (Å²) in [6.45, 7) is 4.83. The zero-order valence-corrected chi connectivity index (χ0v) is 14.4. The molecule has 7 heteroatoms. The molecule has 1 aliphatic rings.